The molecule has 1 N–H and O–H groups in total. The van der Waals surface area contributed by atoms with Gasteiger partial charge in [-0.05, 0) is 26.3 Å². The van der Waals surface area contributed by atoms with Crippen molar-refractivity contribution >= 4 is 18.4 Å². The smallest absolute Gasteiger partial charge is 0.323 e. The molecule has 3 nitrogen and oxygen atoms in total. The highest BCUT2D eigenvalue weighted by atomic mass is 35.5. The summed E-state index contributed by atoms with van der Waals surface area (Å²) < 4.78 is 4.82. The van der Waals surface area contributed by atoms with Crippen LogP contribution in [0.15, 0.2) is 0 Å². The molecule has 0 radical (unpaired) electrons. The molecular formula is C7H14ClNO2. The van der Waals surface area contributed by atoms with Gasteiger partial charge in [0.05, 0.1) is 6.61 Å². The minimum Gasteiger partial charge on any atom is -0.465 e. The van der Waals surface area contributed by atoms with E-state index < -0.39 is 0 Å². The molecule has 66 valence electrons. The Balaban J connectivity index is 0.000001000. The Kier molecular flexibility index (Phi) is 5.24. The van der Waals surface area contributed by atoms with E-state index in [0.29, 0.717) is 6.61 Å². The molecule has 0 aliphatic carbocycles. The van der Waals surface area contributed by atoms with Gasteiger partial charge in [-0.2, -0.15) is 0 Å². The third kappa shape index (κ3) is 3.08. The van der Waals surface area contributed by atoms with Crippen LogP contribution in [-0.2, 0) is 9.53 Å². The second kappa shape index (κ2) is 5.38. The summed E-state index contributed by atoms with van der Waals surface area (Å²) in [4.78, 5) is 11.0. The molecule has 0 aromatic carbocycles. The molecule has 0 unspecified atom stereocenters. The fourth-order valence-corrected chi connectivity index (χ4v) is 1.13. The van der Waals surface area contributed by atoms with Crippen LogP contribution >= 0.6 is 12.4 Å². The van der Waals surface area contributed by atoms with Crippen LogP contribution in [0.5, 0.6) is 0 Å². The number of rotatable bonds is 2. The van der Waals surface area contributed by atoms with Crippen LogP contribution in [0.25, 0.3) is 0 Å². The summed E-state index contributed by atoms with van der Waals surface area (Å²) in [5.41, 5.74) is 0. The summed E-state index contributed by atoms with van der Waals surface area (Å²) in [6.45, 7) is 3.26. The maximum Gasteiger partial charge on any atom is 0.323 e. The van der Waals surface area contributed by atoms with Crippen molar-refractivity contribution in [2.75, 3.05) is 13.2 Å². The predicted octanol–water partition coefficient (Wildman–Crippen LogP) is 0.723. The first-order valence-electron chi connectivity index (χ1n) is 3.74. The molecule has 0 amide bonds. The van der Waals surface area contributed by atoms with E-state index in [1.165, 1.54) is 0 Å². The fourth-order valence-electron chi connectivity index (χ4n) is 1.13. The van der Waals surface area contributed by atoms with Crippen molar-refractivity contribution in [2.45, 2.75) is 25.8 Å². The van der Waals surface area contributed by atoms with E-state index in [0.717, 1.165) is 19.4 Å². The van der Waals surface area contributed by atoms with Gasteiger partial charge < -0.3 is 10.1 Å². The topological polar surface area (TPSA) is 38.3 Å². The first kappa shape index (κ1) is 10.7. The lowest BCUT2D eigenvalue weighted by atomic mass is 10.2. The van der Waals surface area contributed by atoms with Crippen molar-refractivity contribution in [3.8, 4) is 0 Å². The van der Waals surface area contributed by atoms with Crippen LogP contribution in [0, 0.1) is 0 Å². The van der Waals surface area contributed by atoms with Gasteiger partial charge in [0.2, 0.25) is 0 Å². The van der Waals surface area contributed by atoms with Crippen molar-refractivity contribution in [1.82, 2.24) is 5.32 Å². The third-order valence-electron chi connectivity index (χ3n) is 1.63. The quantitative estimate of drug-likeness (QED) is 0.635. The molecule has 11 heavy (non-hydrogen) atoms. The van der Waals surface area contributed by atoms with E-state index in [1.54, 1.807) is 0 Å². The molecule has 0 saturated carbocycles. The SMILES string of the molecule is CCOC(=O)[C@@H]1CCCN1.Cl. The van der Waals surface area contributed by atoms with E-state index in [9.17, 15) is 4.79 Å². The van der Waals surface area contributed by atoms with Gasteiger partial charge in [0.1, 0.15) is 6.04 Å². The van der Waals surface area contributed by atoms with Gasteiger partial charge in [-0.3, -0.25) is 4.79 Å². The third-order valence-corrected chi connectivity index (χ3v) is 1.63. The van der Waals surface area contributed by atoms with Gasteiger partial charge in [-0.15, -0.1) is 12.4 Å². The van der Waals surface area contributed by atoms with Crippen molar-refractivity contribution in [3.63, 3.8) is 0 Å². The predicted molar refractivity (Wildman–Crippen MR) is 44.9 cm³/mol. The average Bonchev–Trinajstić information content (AvgIpc) is 2.38. The lowest BCUT2D eigenvalue weighted by molar-refractivity contribution is -0.145. The largest absolute Gasteiger partial charge is 0.465 e. The number of nitrogens with one attached hydrogen (secondary N) is 1. The van der Waals surface area contributed by atoms with Crippen LogP contribution in [0.1, 0.15) is 19.8 Å². The number of ether oxygens (including phenoxy) is 1. The Bertz CT molecular complexity index is 124. The Morgan fingerprint density at radius 1 is 1.73 bits per heavy atom. The number of carbonyl (C=O) groups excluding carboxylic acids is 1. The number of hydrogen-bond acceptors (Lipinski definition) is 3. The summed E-state index contributed by atoms with van der Waals surface area (Å²) in [6, 6.07) is -0.0278. The van der Waals surface area contributed by atoms with Gasteiger partial charge in [-0.25, -0.2) is 0 Å². The number of hydrogen-bond donors (Lipinski definition) is 1. The van der Waals surface area contributed by atoms with Crippen LogP contribution in [0.4, 0.5) is 0 Å². The lowest BCUT2D eigenvalue weighted by Crippen LogP contribution is -2.32. The number of halogens is 1. The molecule has 1 saturated heterocycles. The molecule has 1 aliphatic heterocycles. The van der Waals surface area contributed by atoms with Crippen LogP contribution < -0.4 is 5.32 Å². The van der Waals surface area contributed by atoms with E-state index in [2.05, 4.69) is 5.32 Å². The normalized spacial score (nSPS) is 22.5. The molecule has 0 spiro atoms. The fraction of sp³-hybridized carbons (Fsp3) is 0.857. The van der Waals surface area contributed by atoms with E-state index in [4.69, 9.17) is 4.74 Å². The minimum absolute atomic E-state index is 0. The van der Waals surface area contributed by atoms with Crippen molar-refractivity contribution < 1.29 is 9.53 Å². The molecule has 0 bridgehead atoms. The highest BCUT2D eigenvalue weighted by molar-refractivity contribution is 5.85. The molecular weight excluding hydrogens is 166 g/mol. The molecule has 1 rings (SSSR count). The Labute approximate surface area is 72.9 Å². The Hall–Kier alpha value is -0.280. The minimum atomic E-state index is -0.0972. The first-order valence-corrected chi connectivity index (χ1v) is 3.74. The van der Waals surface area contributed by atoms with Crippen molar-refractivity contribution in [3.05, 3.63) is 0 Å². The van der Waals surface area contributed by atoms with Crippen molar-refractivity contribution in [2.24, 2.45) is 0 Å². The summed E-state index contributed by atoms with van der Waals surface area (Å²) in [5.74, 6) is -0.0972. The summed E-state index contributed by atoms with van der Waals surface area (Å²) in [5, 5.41) is 3.07. The highest BCUT2D eigenvalue weighted by Crippen LogP contribution is 2.05. The van der Waals surface area contributed by atoms with E-state index in [1.807, 2.05) is 6.92 Å². The van der Waals surface area contributed by atoms with Gasteiger partial charge in [0.15, 0.2) is 0 Å². The van der Waals surface area contributed by atoms with Crippen LogP contribution in [0.3, 0.4) is 0 Å². The van der Waals surface area contributed by atoms with E-state index in [-0.39, 0.29) is 24.4 Å². The second-order valence-corrected chi connectivity index (χ2v) is 2.40. The lowest BCUT2D eigenvalue weighted by Gasteiger charge is -2.07. The zero-order valence-electron chi connectivity index (χ0n) is 6.63. The summed E-state index contributed by atoms with van der Waals surface area (Å²) in [6.07, 6.45) is 2.02. The number of esters is 1. The molecule has 1 atom stereocenters. The second-order valence-electron chi connectivity index (χ2n) is 2.40. The first-order chi connectivity index (χ1) is 4.84. The van der Waals surface area contributed by atoms with Crippen molar-refractivity contribution in [1.29, 1.82) is 0 Å². The average molecular weight is 180 g/mol. The Morgan fingerprint density at radius 3 is 2.91 bits per heavy atom. The molecule has 4 heteroatoms. The standard InChI is InChI=1S/C7H13NO2.ClH/c1-2-10-7(9)6-4-3-5-8-6;/h6,8H,2-5H2,1H3;1H/t6-;/m0./s1. The molecule has 1 heterocycles. The maximum absolute atomic E-state index is 11.0. The van der Waals surface area contributed by atoms with Gasteiger partial charge in [0, 0.05) is 0 Å². The molecule has 1 fully saturated rings. The monoisotopic (exact) mass is 179 g/mol. The van der Waals surface area contributed by atoms with Gasteiger partial charge >= 0.3 is 5.97 Å². The van der Waals surface area contributed by atoms with Gasteiger partial charge in [-0.1, -0.05) is 0 Å². The summed E-state index contributed by atoms with van der Waals surface area (Å²) in [7, 11) is 0. The maximum atomic E-state index is 11.0. The zero-order valence-corrected chi connectivity index (χ0v) is 7.45. The van der Waals surface area contributed by atoms with E-state index >= 15 is 0 Å². The van der Waals surface area contributed by atoms with Crippen LogP contribution in [0.2, 0.25) is 0 Å². The molecule has 1 aliphatic rings. The molecule has 0 aromatic heterocycles. The zero-order chi connectivity index (χ0) is 7.40. The number of carbonyl (C=O) groups is 1. The molecule has 0 aromatic rings. The van der Waals surface area contributed by atoms with Crippen LogP contribution in [-0.4, -0.2) is 25.2 Å². The van der Waals surface area contributed by atoms with Gasteiger partial charge in [0.25, 0.3) is 0 Å². The Morgan fingerprint density at radius 2 is 2.45 bits per heavy atom. The highest BCUT2D eigenvalue weighted by Gasteiger charge is 2.22. The summed E-state index contributed by atoms with van der Waals surface area (Å²) >= 11 is 0.